The minimum atomic E-state index is -0.152. The predicted octanol–water partition coefficient (Wildman–Crippen LogP) is 1.57. The molecule has 1 atom stereocenters. The molecule has 11 heavy (non-hydrogen) atoms. The predicted molar refractivity (Wildman–Crippen MR) is 46.9 cm³/mol. The van der Waals surface area contributed by atoms with Gasteiger partial charge in [0.1, 0.15) is 0 Å². The van der Waals surface area contributed by atoms with Gasteiger partial charge in [0.25, 0.3) is 0 Å². The van der Waals surface area contributed by atoms with Gasteiger partial charge in [-0.05, 0) is 6.92 Å². The van der Waals surface area contributed by atoms with Gasteiger partial charge in [-0.25, -0.2) is 4.98 Å². The number of hydrogen-bond acceptors (Lipinski definition) is 3. The van der Waals surface area contributed by atoms with E-state index in [-0.39, 0.29) is 18.4 Å². The Morgan fingerprint density at radius 2 is 2.00 bits per heavy atom. The lowest BCUT2D eigenvalue weighted by atomic mass is 10.3. The van der Waals surface area contributed by atoms with Gasteiger partial charge in [0.2, 0.25) is 0 Å². The molecule has 3 nitrogen and oxygen atoms in total. The fourth-order valence-corrected chi connectivity index (χ4v) is 0.914. The summed E-state index contributed by atoms with van der Waals surface area (Å²) in [6.45, 7) is 1.82. The number of rotatable bonds is 1. The molecule has 0 radical (unpaired) electrons. The van der Waals surface area contributed by atoms with Crippen molar-refractivity contribution in [1.29, 1.82) is 0 Å². The van der Waals surface area contributed by atoms with Crippen molar-refractivity contribution in [2.24, 2.45) is 5.73 Å². The van der Waals surface area contributed by atoms with Gasteiger partial charge in [-0.2, -0.15) is 0 Å². The molecule has 0 aliphatic carbocycles. The van der Waals surface area contributed by atoms with Crippen LogP contribution in [0.25, 0.3) is 0 Å². The van der Waals surface area contributed by atoms with Crippen LogP contribution in [0.15, 0.2) is 12.4 Å². The Labute approximate surface area is 76.4 Å². The molecule has 0 aliphatic heterocycles. The summed E-state index contributed by atoms with van der Waals surface area (Å²) in [7, 11) is 0. The first kappa shape index (κ1) is 10.6. The maximum absolute atomic E-state index is 5.67. The summed E-state index contributed by atoms with van der Waals surface area (Å²) in [5.74, 6) is 0. The van der Waals surface area contributed by atoms with E-state index in [1.54, 1.807) is 6.20 Å². The molecule has 1 rings (SSSR count). The Morgan fingerprint density at radius 1 is 1.45 bits per heavy atom. The maximum Gasteiger partial charge on any atom is 0.152 e. The number of halogens is 2. The summed E-state index contributed by atoms with van der Waals surface area (Å²) in [4.78, 5) is 7.78. The van der Waals surface area contributed by atoms with Gasteiger partial charge in [-0.1, -0.05) is 11.6 Å². The summed E-state index contributed by atoms with van der Waals surface area (Å²) in [5.41, 5.74) is 6.17. The fourth-order valence-electron chi connectivity index (χ4n) is 0.637. The summed E-state index contributed by atoms with van der Waals surface area (Å²) in [6.07, 6.45) is 3.11. The monoisotopic (exact) mass is 193 g/mol. The quantitative estimate of drug-likeness (QED) is 0.738. The van der Waals surface area contributed by atoms with E-state index in [1.807, 2.05) is 6.92 Å². The third-order valence-electron chi connectivity index (χ3n) is 1.11. The highest BCUT2D eigenvalue weighted by Gasteiger charge is 2.05. The molecule has 62 valence electrons. The zero-order valence-electron chi connectivity index (χ0n) is 5.99. The van der Waals surface area contributed by atoms with Crippen LogP contribution in [0, 0.1) is 0 Å². The fraction of sp³-hybridized carbons (Fsp3) is 0.333. The van der Waals surface area contributed by atoms with Crippen molar-refractivity contribution >= 4 is 24.0 Å². The van der Waals surface area contributed by atoms with Gasteiger partial charge < -0.3 is 5.73 Å². The molecule has 1 aromatic heterocycles. The van der Waals surface area contributed by atoms with Gasteiger partial charge in [-0.3, -0.25) is 4.98 Å². The van der Waals surface area contributed by atoms with Crippen molar-refractivity contribution in [2.75, 3.05) is 0 Å². The summed E-state index contributed by atoms with van der Waals surface area (Å²) >= 11 is 5.67. The Morgan fingerprint density at radius 3 is 2.36 bits per heavy atom. The molecule has 1 heterocycles. The third-order valence-corrected chi connectivity index (χ3v) is 1.40. The van der Waals surface area contributed by atoms with Gasteiger partial charge in [-0.15, -0.1) is 12.4 Å². The van der Waals surface area contributed by atoms with Crippen LogP contribution in [0.2, 0.25) is 5.15 Å². The van der Waals surface area contributed by atoms with E-state index in [0.717, 1.165) is 0 Å². The molecular weight excluding hydrogens is 185 g/mol. The first-order valence-corrected chi connectivity index (χ1v) is 3.31. The SMILES string of the molecule is C[C@H](N)c1nccnc1Cl.Cl. The zero-order valence-corrected chi connectivity index (χ0v) is 7.56. The summed E-state index contributed by atoms with van der Waals surface area (Å²) < 4.78 is 0. The Hall–Kier alpha value is -0.380. The van der Waals surface area contributed by atoms with E-state index < -0.39 is 0 Å². The highest BCUT2D eigenvalue weighted by atomic mass is 35.5. The van der Waals surface area contributed by atoms with E-state index in [2.05, 4.69) is 9.97 Å². The lowest BCUT2D eigenvalue weighted by Gasteiger charge is -2.03. The van der Waals surface area contributed by atoms with Crippen molar-refractivity contribution in [3.63, 3.8) is 0 Å². The van der Waals surface area contributed by atoms with Crippen molar-refractivity contribution < 1.29 is 0 Å². The Bertz CT molecular complexity index is 227. The smallest absolute Gasteiger partial charge is 0.152 e. The minimum Gasteiger partial charge on any atom is -0.323 e. The second-order valence-corrected chi connectivity index (χ2v) is 2.38. The molecule has 0 aliphatic rings. The number of nitrogens with two attached hydrogens (primary N) is 1. The van der Waals surface area contributed by atoms with Crippen LogP contribution >= 0.6 is 24.0 Å². The molecule has 5 heteroatoms. The molecule has 0 unspecified atom stereocenters. The maximum atomic E-state index is 5.67. The van der Waals surface area contributed by atoms with Crippen molar-refractivity contribution in [1.82, 2.24) is 9.97 Å². The molecule has 0 saturated carbocycles. The number of nitrogens with zero attached hydrogens (tertiary/aromatic N) is 2. The average molecular weight is 194 g/mol. The van der Waals surface area contributed by atoms with Crippen LogP contribution in [0.5, 0.6) is 0 Å². The topological polar surface area (TPSA) is 51.8 Å². The normalized spacial score (nSPS) is 11.9. The molecule has 1 aromatic rings. The second kappa shape index (κ2) is 4.49. The van der Waals surface area contributed by atoms with Crippen molar-refractivity contribution in [3.05, 3.63) is 23.2 Å². The van der Waals surface area contributed by atoms with Crippen LogP contribution in [-0.2, 0) is 0 Å². The van der Waals surface area contributed by atoms with Gasteiger partial charge in [0.05, 0.1) is 5.69 Å². The standard InChI is InChI=1S/C6H8ClN3.ClH/c1-4(8)5-6(7)10-3-2-9-5;/h2-4H,8H2,1H3;1H/t4-;/m0./s1. The lowest BCUT2D eigenvalue weighted by molar-refractivity contribution is 0.773. The zero-order chi connectivity index (χ0) is 7.56. The van der Waals surface area contributed by atoms with E-state index in [9.17, 15) is 0 Å². The average Bonchev–Trinajstić information content (AvgIpc) is 1.88. The van der Waals surface area contributed by atoms with Crippen LogP contribution in [-0.4, -0.2) is 9.97 Å². The van der Waals surface area contributed by atoms with Crippen molar-refractivity contribution in [3.8, 4) is 0 Å². The Kier molecular flexibility index (Phi) is 4.33. The molecule has 0 fully saturated rings. The molecule has 0 bridgehead atoms. The molecule has 0 amide bonds. The first-order chi connectivity index (χ1) is 4.72. The molecular formula is C6H9Cl2N3. The van der Waals surface area contributed by atoms with Gasteiger partial charge in [0.15, 0.2) is 5.15 Å². The van der Waals surface area contributed by atoms with E-state index >= 15 is 0 Å². The largest absolute Gasteiger partial charge is 0.323 e. The number of hydrogen-bond donors (Lipinski definition) is 1. The van der Waals surface area contributed by atoms with Crippen LogP contribution in [0.4, 0.5) is 0 Å². The molecule has 0 spiro atoms. The Balaban J connectivity index is 0.000001000. The first-order valence-electron chi connectivity index (χ1n) is 2.94. The van der Waals surface area contributed by atoms with Gasteiger partial charge in [0, 0.05) is 18.4 Å². The highest BCUT2D eigenvalue weighted by molar-refractivity contribution is 6.30. The molecule has 0 aromatic carbocycles. The van der Waals surface area contributed by atoms with E-state index in [0.29, 0.717) is 10.8 Å². The highest BCUT2D eigenvalue weighted by Crippen LogP contribution is 2.13. The summed E-state index contributed by atoms with van der Waals surface area (Å²) in [5, 5.41) is 0.387. The third kappa shape index (κ3) is 2.61. The second-order valence-electron chi connectivity index (χ2n) is 2.02. The van der Waals surface area contributed by atoms with E-state index in [4.69, 9.17) is 17.3 Å². The summed E-state index contributed by atoms with van der Waals surface area (Å²) in [6, 6.07) is -0.152. The van der Waals surface area contributed by atoms with Crippen LogP contribution in [0.1, 0.15) is 18.7 Å². The molecule has 0 saturated heterocycles. The minimum absolute atomic E-state index is 0. The van der Waals surface area contributed by atoms with Crippen LogP contribution < -0.4 is 5.73 Å². The molecule has 2 N–H and O–H groups in total. The lowest BCUT2D eigenvalue weighted by Crippen LogP contribution is -2.08. The van der Waals surface area contributed by atoms with Gasteiger partial charge >= 0.3 is 0 Å². The number of aromatic nitrogens is 2. The van der Waals surface area contributed by atoms with E-state index in [1.165, 1.54) is 6.20 Å². The van der Waals surface area contributed by atoms with Crippen LogP contribution in [0.3, 0.4) is 0 Å². The van der Waals surface area contributed by atoms with Crippen molar-refractivity contribution in [2.45, 2.75) is 13.0 Å².